The molecule has 0 saturated carbocycles. The minimum absolute atomic E-state index is 0.614. The highest BCUT2D eigenvalue weighted by atomic mass is 15.1. The Balaban J connectivity index is 0.000000124. The van der Waals surface area contributed by atoms with Crippen molar-refractivity contribution in [2.45, 2.75) is 0 Å². The van der Waals surface area contributed by atoms with Gasteiger partial charge in [0, 0.05) is 55.6 Å². The lowest BCUT2D eigenvalue weighted by Crippen LogP contribution is -2.00. The molecule has 0 fully saturated rings. The van der Waals surface area contributed by atoms with Crippen LogP contribution in [0.1, 0.15) is 16.7 Å². The second kappa shape index (κ2) is 39.4. The fraction of sp³-hybridized carbons (Fsp3) is 0. The Bertz CT molecular complexity index is 8340. The second-order valence-corrected chi connectivity index (χ2v) is 33.3. The van der Waals surface area contributed by atoms with Gasteiger partial charge in [-0.1, -0.05) is 419 Å². The van der Waals surface area contributed by atoms with E-state index in [1.165, 1.54) is 21.5 Å². The molecule has 0 unspecified atom stereocenters. The molecule has 0 saturated heterocycles. The van der Waals surface area contributed by atoms with Crippen molar-refractivity contribution >= 4 is 32.3 Å². The summed E-state index contributed by atoms with van der Waals surface area (Å²) in [5, 5.41) is 35.4. The fourth-order valence-corrected chi connectivity index (χ4v) is 17.4. The van der Waals surface area contributed by atoms with E-state index in [4.69, 9.17) is 44.9 Å². The molecule has 644 valence electrons. The van der Waals surface area contributed by atoms with Crippen molar-refractivity contribution in [1.82, 2.24) is 44.9 Å². The quantitative estimate of drug-likeness (QED) is 0.0840. The van der Waals surface area contributed by atoms with E-state index in [9.17, 15) is 15.8 Å². The topological polar surface area (TPSA) is 187 Å². The van der Waals surface area contributed by atoms with Gasteiger partial charge in [0.25, 0.3) is 0 Å². The van der Waals surface area contributed by atoms with Gasteiger partial charge in [0.2, 0.25) is 0 Å². The zero-order valence-corrected chi connectivity index (χ0v) is 74.6. The highest BCUT2D eigenvalue weighted by molar-refractivity contribution is 6.01. The molecule has 0 bridgehead atoms. The van der Waals surface area contributed by atoms with Crippen molar-refractivity contribution in [3.8, 4) is 210 Å². The van der Waals surface area contributed by atoms with Crippen LogP contribution in [0.25, 0.3) is 224 Å². The van der Waals surface area contributed by atoms with Crippen molar-refractivity contribution in [2.75, 3.05) is 0 Å². The fourth-order valence-electron chi connectivity index (χ4n) is 17.4. The zero-order chi connectivity index (χ0) is 92.9. The Hall–Kier alpha value is -19.3. The summed E-state index contributed by atoms with van der Waals surface area (Å²) in [5.74, 6) is 5.71. The number of nitrogens with zero attached hydrogens (tertiary/aromatic N) is 12. The van der Waals surface area contributed by atoms with Gasteiger partial charge >= 0.3 is 0 Å². The maximum Gasteiger partial charge on any atom is 0.164 e. The molecule has 138 heavy (non-hydrogen) atoms. The van der Waals surface area contributed by atoms with E-state index in [-0.39, 0.29) is 0 Å². The summed E-state index contributed by atoms with van der Waals surface area (Å²) >= 11 is 0. The predicted octanol–water partition coefficient (Wildman–Crippen LogP) is 31.0. The Morgan fingerprint density at radius 2 is 0.319 bits per heavy atom. The molecule has 0 aliphatic carbocycles. The number of hydrogen-bond donors (Lipinski definition) is 0. The van der Waals surface area contributed by atoms with Gasteiger partial charge in [-0.3, -0.25) is 0 Å². The number of hydrogen-bond acceptors (Lipinski definition) is 12. The van der Waals surface area contributed by atoms with Crippen LogP contribution in [-0.2, 0) is 0 Å². The lowest BCUT2D eigenvalue weighted by atomic mass is 9.89. The third kappa shape index (κ3) is 18.7. The van der Waals surface area contributed by atoms with Gasteiger partial charge < -0.3 is 0 Å². The summed E-state index contributed by atoms with van der Waals surface area (Å²) in [6, 6.07) is 171. The van der Waals surface area contributed by atoms with Crippen LogP contribution < -0.4 is 0 Å². The summed E-state index contributed by atoms with van der Waals surface area (Å²) in [6.45, 7) is 0. The highest BCUT2D eigenvalue weighted by Crippen LogP contribution is 2.43. The molecule has 20 aromatic carbocycles. The van der Waals surface area contributed by atoms with E-state index < -0.39 is 0 Å². The first-order valence-corrected chi connectivity index (χ1v) is 45.4. The van der Waals surface area contributed by atoms with Crippen LogP contribution in [0.3, 0.4) is 0 Å². The molecule has 0 amide bonds. The van der Waals surface area contributed by atoms with Crippen LogP contribution in [-0.4, -0.2) is 44.9 Å². The minimum atomic E-state index is 0.614. The lowest BCUT2D eigenvalue weighted by molar-refractivity contribution is 1.07. The van der Waals surface area contributed by atoms with Crippen molar-refractivity contribution in [3.05, 3.63) is 502 Å². The number of rotatable bonds is 17. The first-order valence-electron chi connectivity index (χ1n) is 45.4. The maximum atomic E-state index is 9.86. The van der Waals surface area contributed by atoms with Crippen LogP contribution >= 0.6 is 0 Å². The number of nitriles is 3. The van der Waals surface area contributed by atoms with E-state index in [1.807, 2.05) is 267 Å². The van der Waals surface area contributed by atoms with E-state index in [1.54, 1.807) is 0 Å². The summed E-state index contributed by atoms with van der Waals surface area (Å²) in [6.07, 6.45) is 0. The lowest BCUT2D eigenvalue weighted by Gasteiger charge is -2.14. The molecular formula is C126H80N12. The van der Waals surface area contributed by atoms with Crippen LogP contribution in [0.5, 0.6) is 0 Å². The number of benzene rings is 20. The van der Waals surface area contributed by atoms with E-state index in [0.29, 0.717) is 69.1 Å². The molecule has 3 aromatic heterocycles. The van der Waals surface area contributed by atoms with Gasteiger partial charge in [-0.05, 0) is 182 Å². The minimum Gasteiger partial charge on any atom is -0.208 e. The molecule has 0 aliphatic rings. The summed E-state index contributed by atoms with van der Waals surface area (Å²) in [5.41, 5.74) is 27.8. The predicted molar refractivity (Wildman–Crippen MR) is 559 cm³/mol. The molecule has 3 heterocycles. The highest BCUT2D eigenvalue weighted by Gasteiger charge is 2.22. The van der Waals surface area contributed by atoms with Crippen LogP contribution in [0.4, 0.5) is 0 Å². The van der Waals surface area contributed by atoms with Gasteiger partial charge in [-0.2, -0.15) is 15.8 Å². The Morgan fingerprint density at radius 3 is 0.580 bits per heavy atom. The standard InChI is InChI=1S/2C44H28N4.C38H24N4/c45-29-30-10-9-17-37(26-30)31-18-20-32(21-19-31)40-27-38-15-7-8-16-39(38)28-41(40)33-22-24-36(25-23-33)44-47-42(34-11-3-1-4-12-34)46-43(48-44)35-13-5-2-6-14-35;45-29-30-15-17-31(18-16-30)32-19-21-33(22-20-32)40-27-38-13-7-8-14-39(38)28-41(40)34-23-25-37(26-24-34)44-47-42(35-9-3-1-4-10-35)46-43(48-44)36-11-5-2-6-12-36;39-25-32-17-9-10-18-33(32)35-24-31-16-8-7-15-30(31)23-34(35)26-19-21-29(22-20-26)38-41-36(27-11-3-1-4-12-27)40-37(42-38)28-13-5-2-6-14-28/h2*1-28H;1-24H. The Morgan fingerprint density at radius 1 is 0.123 bits per heavy atom. The SMILES string of the molecule is N#Cc1ccc(-c2ccc(-c3cc4ccccc4cc3-c3ccc(-c4nc(-c5ccccc5)nc(-c5ccccc5)n4)cc3)cc2)cc1.N#Cc1cccc(-c2ccc(-c3cc4ccccc4cc3-c3ccc(-c4nc(-c5ccccc5)nc(-c5ccccc5)n4)cc3)cc2)c1.N#Cc1ccccc1-c1cc2ccccc2cc1-c1ccc(-c2nc(-c3ccccc3)nc(-c3ccccc3)n2)cc1. The maximum absolute atomic E-state index is 9.86. The average molecular weight is 1760 g/mol. The summed E-state index contributed by atoms with van der Waals surface area (Å²) < 4.78 is 0. The van der Waals surface area contributed by atoms with Crippen molar-refractivity contribution < 1.29 is 0 Å². The first kappa shape index (κ1) is 85.5. The van der Waals surface area contributed by atoms with Crippen molar-refractivity contribution in [1.29, 1.82) is 15.8 Å². The molecular weight excluding hydrogens is 1680 g/mol. The molecule has 0 atom stereocenters. The zero-order valence-electron chi connectivity index (χ0n) is 74.6. The van der Waals surface area contributed by atoms with Crippen LogP contribution in [0.2, 0.25) is 0 Å². The smallest absolute Gasteiger partial charge is 0.164 e. The first-order chi connectivity index (χ1) is 68.2. The van der Waals surface area contributed by atoms with Gasteiger partial charge in [-0.25, -0.2) is 44.9 Å². The van der Waals surface area contributed by atoms with Gasteiger partial charge in [-0.15, -0.1) is 0 Å². The molecule has 0 aliphatic heterocycles. The Kier molecular flexibility index (Phi) is 24.4. The van der Waals surface area contributed by atoms with Gasteiger partial charge in [0.1, 0.15) is 0 Å². The Labute approximate surface area is 799 Å². The number of fused-ring (bicyclic) bond motifs is 3. The average Bonchev–Trinajstić information content (AvgIpc) is 0.767. The normalized spacial score (nSPS) is 10.9. The molecule has 0 spiro atoms. The van der Waals surface area contributed by atoms with Gasteiger partial charge in [0.05, 0.1) is 34.9 Å². The van der Waals surface area contributed by atoms with Gasteiger partial charge in [0.15, 0.2) is 52.4 Å². The third-order valence-electron chi connectivity index (χ3n) is 24.5. The molecule has 12 heteroatoms. The summed E-state index contributed by atoms with van der Waals surface area (Å²) in [4.78, 5) is 43.9. The largest absolute Gasteiger partial charge is 0.208 e. The third-order valence-corrected chi connectivity index (χ3v) is 24.5. The van der Waals surface area contributed by atoms with E-state index in [2.05, 4.69) is 237 Å². The van der Waals surface area contributed by atoms with E-state index >= 15 is 0 Å². The molecule has 12 nitrogen and oxygen atoms in total. The van der Waals surface area contributed by atoms with Crippen LogP contribution in [0.15, 0.2) is 485 Å². The second-order valence-electron chi connectivity index (χ2n) is 33.3. The van der Waals surface area contributed by atoms with E-state index in [0.717, 1.165) is 150 Å². The van der Waals surface area contributed by atoms with Crippen LogP contribution in [0, 0.1) is 34.0 Å². The number of aromatic nitrogens is 9. The molecule has 0 radical (unpaired) electrons. The van der Waals surface area contributed by atoms with Crippen molar-refractivity contribution in [2.24, 2.45) is 0 Å². The summed E-state index contributed by atoms with van der Waals surface area (Å²) in [7, 11) is 0. The molecule has 23 aromatic rings. The molecule has 23 rings (SSSR count). The monoisotopic (exact) mass is 1760 g/mol. The van der Waals surface area contributed by atoms with Crippen molar-refractivity contribution in [3.63, 3.8) is 0 Å². The molecule has 0 N–H and O–H groups in total.